The van der Waals surface area contributed by atoms with Gasteiger partial charge in [-0.15, -0.1) is 0 Å². The fraction of sp³-hybridized carbons (Fsp3) is 0.949. The molecule has 0 radical (unpaired) electrons. The van der Waals surface area contributed by atoms with Gasteiger partial charge in [0.25, 0.3) is 0 Å². The summed E-state index contributed by atoms with van der Waals surface area (Å²) in [7, 11) is -9.92. The Balaban J connectivity index is 5.27. The number of unbranched alkanes of at least 4 members (excludes halogenated alkanes) is 42. The van der Waals surface area contributed by atoms with Gasteiger partial charge in [-0.3, -0.25) is 37.3 Å². The average Bonchev–Trinajstić information content (AvgIpc) is 0.976. The van der Waals surface area contributed by atoms with Crippen LogP contribution in [0, 0.1) is 23.7 Å². The highest BCUT2D eigenvalue weighted by molar-refractivity contribution is 7.47. The summed E-state index contributed by atoms with van der Waals surface area (Å²) in [6, 6.07) is 0. The van der Waals surface area contributed by atoms with Gasteiger partial charge in [0.2, 0.25) is 0 Å². The fourth-order valence-corrected chi connectivity index (χ4v) is 13.7. The highest BCUT2D eigenvalue weighted by atomic mass is 31.2. The topological polar surface area (TPSA) is 237 Å². The molecule has 2 unspecified atom stereocenters. The maximum Gasteiger partial charge on any atom is 0.472 e. The van der Waals surface area contributed by atoms with Crippen LogP contribution in [0.3, 0.4) is 0 Å². The molecule has 0 aliphatic rings. The van der Waals surface area contributed by atoms with Gasteiger partial charge in [-0.05, 0) is 49.4 Å². The Kier molecular flexibility index (Phi) is 66.8. The lowest BCUT2D eigenvalue weighted by Crippen LogP contribution is -2.30. The quantitative estimate of drug-likeness (QED) is 0.0222. The van der Waals surface area contributed by atoms with Gasteiger partial charge in [0.05, 0.1) is 26.4 Å². The first-order chi connectivity index (χ1) is 47.1. The summed E-state index contributed by atoms with van der Waals surface area (Å²) in [6.07, 6.45) is 54.0. The van der Waals surface area contributed by atoms with Gasteiger partial charge in [0.15, 0.2) is 12.2 Å². The molecule has 0 amide bonds. The Labute approximate surface area is 600 Å². The standard InChI is InChI=1S/C79H154O17P2/c1-69(2)55-47-39-31-23-17-11-9-13-20-26-35-43-51-59-76(81)89-65-74(95-78(83)61-53-45-37-27-21-14-10-12-18-24-32-40-48-56-70(3)4)67-93-97(85,86)91-63-73(80)64-92-98(87,88)94-68-75(66-90-77(82)60-52-44-36-30-29-34-42-50-58-72(7)8)96-79(84)62-54-46-38-28-22-16-15-19-25-33-41-49-57-71(5)6/h69-75,80H,9-68H2,1-8H3,(H,85,86)(H,87,88)/t73-,74-,75-/m1/s1. The number of aliphatic hydroxyl groups is 1. The molecule has 582 valence electrons. The van der Waals surface area contributed by atoms with E-state index in [1.165, 1.54) is 205 Å². The van der Waals surface area contributed by atoms with Gasteiger partial charge in [-0.25, -0.2) is 9.13 Å². The summed E-state index contributed by atoms with van der Waals surface area (Å²) in [5.74, 6) is 0.965. The van der Waals surface area contributed by atoms with Crippen LogP contribution in [-0.4, -0.2) is 96.7 Å². The molecule has 19 heteroatoms. The van der Waals surface area contributed by atoms with Gasteiger partial charge in [0, 0.05) is 25.7 Å². The zero-order valence-corrected chi connectivity index (χ0v) is 66.2. The molecular weight excluding hydrogens is 1280 g/mol. The van der Waals surface area contributed by atoms with E-state index < -0.39 is 97.5 Å². The predicted octanol–water partition coefficient (Wildman–Crippen LogP) is 23.2. The Morgan fingerprint density at radius 3 is 0.633 bits per heavy atom. The Morgan fingerprint density at radius 1 is 0.255 bits per heavy atom. The van der Waals surface area contributed by atoms with Crippen LogP contribution in [0.1, 0.15) is 402 Å². The van der Waals surface area contributed by atoms with Crippen LogP contribution in [0.15, 0.2) is 0 Å². The first-order valence-corrected chi connectivity index (χ1v) is 43.7. The molecule has 0 rings (SSSR count). The number of carbonyl (C=O) groups is 4. The molecule has 0 heterocycles. The van der Waals surface area contributed by atoms with Crippen LogP contribution in [0.5, 0.6) is 0 Å². The second kappa shape index (κ2) is 68.2. The highest BCUT2D eigenvalue weighted by Crippen LogP contribution is 2.45. The third-order valence-corrected chi connectivity index (χ3v) is 20.2. The van der Waals surface area contributed by atoms with E-state index >= 15 is 0 Å². The smallest absolute Gasteiger partial charge is 0.462 e. The minimum absolute atomic E-state index is 0.106. The third kappa shape index (κ3) is 72.4. The van der Waals surface area contributed by atoms with Gasteiger partial charge < -0.3 is 33.8 Å². The zero-order valence-electron chi connectivity index (χ0n) is 64.4. The highest BCUT2D eigenvalue weighted by Gasteiger charge is 2.30. The van der Waals surface area contributed by atoms with Crippen molar-refractivity contribution >= 4 is 39.5 Å². The van der Waals surface area contributed by atoms with Gasteiger partial charge >= 0.3 is 39.5 Å². The second-order valence-corrected chi connectivity index (χ2v) is 33.3. The van der Waals surface area contributed by atoms with Crippen LogP contribution in [-0.2, 0) is 65.4 Å². The number of rotatable bonds is 76. The van der Waals surface area contributed by atoms with Crippen molar-refractivity contribution in [1.29, 1.82) is 0 Å². The molecule has 98 heavy (non-hydrogen) atoms. The number of hydrogen-bond acceptors (Lipinski definition) is 15. The molecule has 0 saturated carbocycles. The van der Waals surface area contributed by atoms with Crippen LogP contribution in [0.4, 0.5) is 0 Å². The van der Waals surface area contributed by atoms with Crippen molar-refractivity contribution in [2.45, 2.75) is 420 Å². The SMILES string of the molecule is CC(C)CCCCCCCCCCCCCCCC(=O)OC[C@H](COP(=O)(O)OC[C@@H](O)COP(=O)(O)OC[C@@H](COC(=O)CCCCCCCCCCC(C)C)OC(=O)CCCCCCCCCCCCCCC(C)C)OC(=O)CCCCCCCCCCCCCCCC(C)C. The normalized spacial score (nSPS) is 14.1. The van der Waals surface area contributed by atoms with Crippen molar-refractivity contribution in [1.82, 2.24) is 0 Å². The zero-order chi connectivity index (χ0) is 72.4. The van der Waals surface area contributed by atoms with Crippen molar-refractivity contribution in [2.75, 3.05) is 39.6 Å². The Morgan fingerprint density at radius 2 is 0.429 bits per heavy atom. The number of esters is 4. The third-order valence-electron chi connectivity index (χ3n) is 18.3. The first-order valence-electron chi connectivity index (χ1n) is 40.7. The maximum absolute atomic E-state index is 13.1. The molecule has 0 aliphatic carbocycles. The van der Waals surface area contributed by atoms with Crippen molar-refractivity contribution in [3.63, 3.8) is 0 Å². The summed E-state index contributed by atoms with van der Waals surface area (Å²) in [5.41, 5.74) is 0. The van der Waals surface area contributed by atoms with Gasteiger partial charge in [-0.2, -0.15) is 0 Å². The number of phosphoric acid groups is 2. The summed E-state index contributed by atoms with van der Waals surface area (Å²) in [6.45, 7) is 14.2. The molecule has 17 nitrogen and oxygen atoms in total. The van der Waals surface area contributed by atoms with Gasteiger partial charge in [0.1, 0.15) is 19.3 Å². The van der Waals surface area contributed by atoms with Crippen molar-refractivity contribution < 1.29 is 80.2 Å². The summed E-state index contributed by atoms with van der Waals surface area (Å²) >= 11 is 0. The number of carbonyl (C=O) groups excluding carboxylic acids is 4. The molecule has 0 aliphatic heterocycles. The van der Waals surface area contributed by atoms with E-state index in [1.54, 1.807) is 0 Å². The van der Waals surface area contributed by atoms with Gasteiger partial charge in [-0.1, -0.05) is 351 Å². The molecule has 3 N–H and O–H groups in total. The predicted molar refractivity (Wildman–Crippen MR) is 400 cm³/mol. The maximum atomic E-state index is 13.1. The molecule has 5 atom stereocenters. The molecule has 0 aromatic rings. The number of aliphatic hydroxyl groups excluding tert-OH is 1. The van der Waals surface area contributed by atoms with Crippen molar-refractivity contribution in [3.05, 3.63) is 0 Å². The van der Waals surface area contributed by atoms with Crippen LogP contribution < -0.4 is 0 Å². The lowest BCUT2D eigenvalue weighted by atomic mass is 10.0. The molecule has 0 bridgehead atoms. The van der Waals surface area contributed by atoms with E-state index in [0.717, 1.165) is 114 Å². The number of ether oxygens (including phenoxy) is 4. The summed E-state index contributed by atoms with van der Waals surface area (Å²) in [5, 5.41) is 10.6. The van der Waals surface area contributed by atoms with E-state index in [0.29, 0.717) is 25.7 Å². The number of hydrogen-bond donors (Lipinski definition) is 3. The lowest BCUT2D eigenvalue weighted by Gasteiger charge is -2.21. The molecule has 0 saturated heterocycles. The van der Waals surface area contributed by atoms with E-state index in [4.69, 9.17) is 37.0 Å². The summed E-state index contributed by atoms with van der Waals surface area (Å²) in [4.78, 5) is 73.0. The van der Waals surface area contributed by atoms with Crippen LogP contribution in [0.25, 0.3) is 0 Å². The molecule has 0 aromatic heterocycles. The van der Waals surface area contributed by atoms with E-state index in [2.05, 4.69) is 55.4 Å². The van der Waals surface area contributed by atoms with Crippen molar-refractivity contribution in [2.24, 2.45) is 23.7 Å². The van der Waals surface area contributed by atoms with E-state index in [-0.39, 0.29) is 25.7 Å². The molecule has 0 fully saturated rings. The van der Waals surface area contributed by atoms with Crippen LogP contribution in [0.2, 0.25) is 0 Å². The second-order valence-electron chi connectivity index (χ2n) is 30.4. The molecule has 0 spiro atoms. The van der Waals surface area contributed by atoms with Crippen molar-refractivity contribution in [3.8, 4) is 0 Å². The van der Waals surface area contributed by atoms with E-state index in [9.17, 15) is 43.2 Å². The minimum Gasteiger partial charge on any atom is -0.462 e. The minimum atomic E-state index is -4.96. The fourth-order valence-electron chi connectivity index (χ4n) is 12.1. The first kappa shape index (κ1) is 96.1. The lowest BCUT2D eigenvalue weighted by molar-refractivity contribution is -0.161. The summed E-state index contributed by atoms with van der Waals surface area (Å²) < 4.78 is 68.7. The average molecular weight is 1440 g/mol. The molecular formula is C79H154O17P2. The number of phosphoric ester groups is 2. The largest absolute Gasteiger partial charge is 0.472 e. The Bertz CT molecular complexity index is 1920. The van der Waals surface area contributed by atoms with E-state index in [1.807, 2.05) is 0 Å². The molecule has 0 aromatic carbocycles. The monoisotopic (exact) mass is 1440 g/mol. The Hall–Kier alpha value is -1.94. The van der Waals surface area contributed by atoms with Crippen LogP contribution >= 0.6 is 15.6 Å².